The van der Waals surface area contributed by atoms with Crippen molar-refractivity contribution in [1.82, 2.24) is 9.88 Å². The van der Waals surface area contributed by atoms with E-state index < -0.39 is 12.0 Å². The topological polar surface area (TPSA) is 70.5 Å². The third-order valence-corrected chi connectivity index (χ3v) is 3.05. The lowest BCUT2D eigenvalue weighted by Crippen LogP contribution is -2.40. The van der Waals surface area contributed by atoms with Crippen LogP contribution in [0, 0.1) is 0 Å². The van der Waals surface area contributed by atoms with Crippen LogP contribution >= 0.6 is 11.3 Å². The monoisotopic (exact) mass is 242 g/mol. The Bertz CT molecular complexity index is 364. The average molecular weight is 242 g/mol. The molecule has 1 rings (SSSR count). The second kappa shape index (κ2) is 5.60. The summed E-state index contributed by atoms with van der Waals surface area (Å²) in [6.45, 7) is 1.49. The quantitative estimate of drug-likeness (QED) is 0.836. The molecule has 1 unspecified atom stereocenters. The lowest BCUT2D eigenvalue weighted by atomic mass is 10.2. The molecular weight excluding hydrogens is 228 g/mol. The summed E-state index contributed by atoms with van der Waals surface area (Å²) in [5, 5.41) is 10.6. The van der Waals surface area contributed by atoms with Gasteiger partial charge >= 0.3 is 5.97 Å². The third-order valence-electron chi connectivity index (χ3n) is 2.41. The fourth-order valence-electron chi connectivity index (χ4n) is 1.15. The van der Waals surface area contributed by atoms with E-state index in [1.165, 1.54) is 30.2 Å². The van der Waals surface area contributed by atoms with Crippen molar-refractivity contribution >= 4 is 23.2 Å². The Morgan fingerprint density at radius 2 is 2.31 bits per heavy atom. The van der Waals surface area contributed by atoms with Crippen LogP contribution in [0.3, 0.4) is 0 Å². The zero-order chi connectivity index (χ0) is 12.1. The Labute approximate surface area is 97.7 Å². The lowest BCUT2D eigenvalue weighted by Gasteiger charge is -2.21. The molecule has 0 fully saturated rings. The number of carbonyl (C=O) groups is 2. The van der Waals surface area contributed by atoms with Gasteiger partial charge in [-0.1, -0.05) is 0 Å². The van der Waals surface area contributed by atoms with Crippen molar-refractivity contribution in [3.05, 3.63) is 16.6 Å². The molecule has 5 nitrogen and oxygen atoms in total. The van der Waals surface area contributed by atoms with Crippen LogP contribution in [0.2, 0.25) is 0 Å². The zero-order valence-electron chi connectivity index (χ0n) is 9.21. The maximum Gasteiger partial charge on any atom is 0.326 e. The van der Waals surface area contributed by atoms with Crippen molar-refractivity contribution in [2.24, 2.45) is 0 Å². The van der Waals surface area contributed by atoms with E-state index in [-0.39, 0.29) is 12.3 Å². The molecule has 1 N–H and O–H groups in total. The Hall–Kier alpha value is -1.43. The molecule has 0 saturated heterocycles. The Morgan fingerprint density at radius 3 is 2.81 bits per heavy atom. The number of carbonyl (C=O) groups excluding carboxylic acids is 1. The van der Waals surface area contributed by atoms with Crippen LogP contribution < -0.4 is 0 Å². The van der Waals surface area contributed by atoms with Gasteiger partial charge in [-0.2, -0.15) is 0 Å². The highest BCUT2D eigenvalue weighted by Gasteiger charge is 2.21. The number of carboxylic acid groups (broad SMARTS) is 1. The fourth-order valence-corrected chi connectivity index (χ4v) is 1.75. The summed E-state index contributed by atoms with van der Waals surface area (Å²) in [6, 6.07) is -0.789. The van der Waals surface area contributed by atoms with Gasteiger partial charge in [0.15, 0.2) is 0 Å². The van der Waals surface area contributed by atoms with Gasteiger partial charge in [-0.25, -0.2) is 9.78 Å². The first-order valence-corrected chi connectivity index (χ1v) is 5.82. The smallest absolute Gasteiger partial charge is 0.326 e. The number of aliphatic carboxylic acids is 1. The maximum atomic E-state index is 11.6. The van der Waals surface area contributed by atoms with Crippen LogP contribution in [0.25, 0.3) is 0 Å². The zero-order valence-corrected chi connectivity index (χ0v) is 10.0. The van der Waals surface area contributed by atoms with E-state index in [1.807, 2.05) is 5.38 Å². The summed E-state index contributed by atoms with van der Waals surface area (Å²) in [6.07, 6.45) is 0.844. The summed E-state index contributed by atoms with van der Waals surface area (Å²) in [5.74, 6) is -1.17. The van der Waals surface area contributed by atoms with Crippen LogP contribution in [0.1, 0.15) is 19.0 Å². The second-order valence-corrected chi connectivity index (χ2v) is 4.22. The second-order valence-electron chi connectivity index (χ2n) is 3.50. The van der Waals surface area contributed by atoms with E-state index >= 15 is 0 Å². The van der Waals surface area contributed by atoms with Crippen LogP contribution in [0.5, 0.6) is 0 Å². The Morgan fingerprint density at radius 1 is 1.62 bits per heavy atom. The first-order valence-electron chi connectivity index (χ1n) is 4.88. The van der Waals surface area contributed by atoms with Crippen molar-refractivity contribution in [1.29, 1.82) is 0 Å². The standard InChI is InChI=1S/C10H14N2O3S/c1-7(10(14)15)12(2)9(13)4-3-8-5-16-6-11-8/h5-7H,3-4H2,1-2H3,(H,14,15). The molecule has 1 amide bonds. The molecule has 0 aromatic carbocycles. The molecule has 1 heterocycles. The Kier molecular flexibility index (Phi) is 4.42. The highest BCUT2D eigenvalue weighted by atomic mass is 32.1. The van der Waals surface area contributed by atoms with Gasteiger partial charge in [-0.05, 0) is 13.3 Å². The number of aryl methyl sites for hydroxylation is 1. The van der Waals surface area contributed by atoms with E-state index in [4.69, 9.17) is 5.11 Å². The van der Waals surface area contributed by atoms with Crippen LogP contribution in [0.15, 0.2) is 10.9 Å². The lowest BCUT2D eigenvalue weighted by molar-refractivity contribution is -0.148. The minimum Gasteiger partial charge on any atom is -0.480 e. The summed E-state index contributed by atoms with van der Waals surface area (Å²) in [5.41, 5.74) is 2.58. The number of hydrogen-bond acceptors (Lipinski definition) is 4. The predicted molar refractivity (Wildman–Crippen MR) is 60.3 cm³/mol. The van der Waals surface area contributed by atoms with Gasteiger partial charge in [0.1, 0.15) is 6.04 Å². The third kappa shape index (κ3) is 3.30. The first kappa shape index (κ1) is 12.6. The molecule has 0 saturated carbocycles. The van der Waals surface area contributed by atoms with E-state index in [2.05, 4.69) is 4.98 Å². The van der Waals surface area contributed by atoms with Gasteiger partial charge in [0.05, 0.1) is 11.2 Å². The number of aromatic nitrogens is 1. The molecule has 0 radical (unpaired) electrons. The fraction of sp³-hybridized carbons (Fsp3) is 0.500. The molecule has 0 aliphatic rings. The van der Waals surface area contributed by atoms with Gasteiger partial charge in [0.25, 0.3) is 0 Å². The van der Waals surface area contributed by atoms with E-state index in [9.17, 15) is 9.59 Å². The molecule has 0 spiro atoms. The number of amides is 1. The number of nitrogens with zero attached hydrogens (tertiary/aromatic N) is 2. The molecule has 1 atom stereocenters. The van der Waals surface area contributed by atoms with Crippen molar-refractivity contribution in [3.8, 4) is 0 Å². The van der Waals surface area contributed by atoms with Crippen LogP contribution in [-0.2, 0) is 16.0 Å². The van der Waals surface area contributed by atoms with Gasteiger partial charge in [-0.3, -0.25) is 4.79 Å². The maximum absolute atomic E-state index is 11.6. The minimum absolute atomic E-state index is 0.178. The van der Waals surface area contributed by atoms with Crippen molar-refractivity contribution in [2.45, 2.75) is 25.8 Å². The molecule has 6 heteroatoms. The average Bonchev–Trinajstić information content (AvgIpc) is 2.76. The minimum atomic E-state index is -0.996. The first-order chi connectivity index (χ1) is 7.52. The SMILES string of the molecule is CC(C(=O)O)N(C)C(=O)CCc1cscn1. The van der Waals surface area contributed by atoms with Crippen molar-refractivity contribution in [3.63, 3.8) is 0 Å². The summed E-state index contributed by atoms with van der Waals surface area (Å²) in [7, 11) is 1.50. The molecule has 1 aromatic rings. The Balaban J connectivity index is 2.43. The summed E-state index contributed by atoms with van der Waals surface area (Å²) < 4.78 is 0. The number of thiazole rings is 1. The van der Waals surface area contributed by atoms with Crippen LogP contribution in [-0.4, -0.2) is 40.0 Å². The number of likely N-dealkylation sites (N-methyl/N-ethyl adjacent to an activating group) is 1. The van der Waals surface area contributed by atoms with Gasteiger partial charge in [-0.15, -0.1) is 11.3 Å². The molecule has 0 bridgehead atoms. The van der Waals surface area contributed by atoms with E-state index in [1.54, 1.807) is 5.51 Å². The largest absolute Gasteiger partial charge is 0.480 e. The van der Waals surface area contributed by atoms with Gasteiger partial charge < -0.3 is 10.0 Å². The number of rotatable bonds is 5. The highest BCUT2D eigenvalue weighted by Crippen LogP contribution is 2.06. The van der Waals surface area contributed by atoms with E-state index in [0.717, 1.165) is 5.69 Å². The van der Waals surface area contributed by atoms with Crippen LogP contribution in [0.4, 0.5) is 0 Å². The molecule has 1 aromatic heterocycles. The number of carboxylic acids is 1. The summed E-state index contributed by atoms with van der Waals surface area (Å²) >= 11 is 1.48. The molecule has 0 aliphatic heterocycles. The van der Waals surface area contributed by atoms with Gasteiger partial charge in [0.2, 0.25) is 5.91 Å². The van der Waals surface area contributed by atoms with Crippen molar-refractivity contribution < 1.29 is 14.7 Å². The van der Waals surface area contributed by atoms with Crippen molar-refractivity contribution in [2.75, 3.05) is 7.05 Å². The van der Waals surface area contributed by atoms with Gasteiger partial charge in [0, 0.05) is 18.8 Å². The molecule has 88 valence electrons. The normalized spacial score (nSPS) is 12.1. The molecular formula is C10H14N2O3S. The van der Waals surface area contributed by atoms with E-state index in [0.29, 0.717) is 6.42 Å². The summed E-state index contributed by atoms with van der Waals surface area (Å²) in [4.78, 5) is 27.6. The number of hydrogen-bond donors (Lipinski definition) is 1. The molecule has 16 heavy (non-hydrogen) atoms. The highest BCUT2D eigenvalue weighted by molar-refractivity contribution is 7.07. The molecule has 0 aliphatic carbocycles. The predicted octanol–water partition coefficient (Wildman–Crippen LogP) is 1.01.